The first-order valence-corrected chi connectivity index (χ1v) is 6.83. The van der Waals surface area contributed by atoms with Crippen LogP contribution in [-0.4, -0.2) is 28.1 Å². The molecule has 0 aromatic heterocycles. The SMILES string of the molecule is NC1(C(=O)O)CCCC1CCOc1ccc([N+](=O)[O-])cc1. The van der Waals surface area contributed by atoms with Crippen LogP contribution in [0.4, 0.5) is 5.69 Å². The van der Waals surface area contributed by atoms with Crippen molar-refractivity contribution in [3.05, 3.63) is 34.4 Å². The zero-order chi connectivity index (χ0) is 15.5. The number of rotatable bonds is 6. The Hall–Kier alpha value is -2.15. The van der Waals surface area contributed by atoms with Crippen LogP contribution in [0.25, 0.3) is 0 Å². The number of ether oxygens (including phenoxy) is 1. The lowest BCUT2D eigenvalue weighted by atomic mass is 9.86. The van der Waals surface area contributed by atoms with E-state index < -0.39 is 16.4 Å². The number of nitro benzene ring substituents is 1. The van der Waals surface area contributed by atoms with E-state index in [4.69, 9.17) is 10.5 Å². The maximum atomic E-state index is 11.2. The Morgan fingerprint density at radius 3 is 2.71 bits per heavy atom. The second-order valence-corrected chi connectivity index (χ2v) is 5.32. The van der Waals surface area contributed by atoms with E-state index in [0.717, 1.165) is 12.8 Å². The highest BCUT2D eigenvalue weighted by Gasteiger charge is 2.45. The number of benzene rings is 1. The molecule has 1 aromatic rings. The Morgan fingerprint density at radius 2 is 2.14 bits per heavy atom. The molecule has 2 atom stereocenters. The molecular formula is C14H18N2O5. The van der Waals surface area contributed by atoms with Gasteiger partial charge in [0.15, 0.2) is 0 Å². The largest absolute Gasteiger partial charge is 0.494 e. The summed E-state index contributed by atoms with van der Waals surface area (Å²) in [7, 11) is 0. The maximum absolute atomic E-state index is 11.2. The van der Waals surface area contributed by atoms with E-state index in [2.05, 4.69) is 0 Å². The molecule has 1 aliphatic carbocycles. The van der Waals surface area contributed by atoms with Crippen molar-refractivity contribution in [2.24, 2.45) is 11.7 Å². The van der Waals surface area contributed by atoms with Crippen LogP contribution >= 0.6 is 0 Å². The smallest absolute Gasteiger partial charge is 0.323 e. The van der Waals surface area contributed by atoms with Crippen LogP contribution in [0.5, 0.6) is 5.75 Å². The zero-order valence-electron chi connectivity index (χ0n) is 11.5. The monoisotopic (exact) mass is 294 g/mol. The third-order valence-electron chi connectivity index (χ3n) is 4.05. The Morgan fingerprint density at radius 1 is 1.48 bits per heavy atom. The van der Waals surface area contributed by atoms with Crippen molar-refractivity contribution in [2.45, 2.75) is 31.2 Å². The quantitative estimate of drug-likeness (QED) is 0.612. The molecule has 21 heavy (non-hydrogen) atoms. The van der Waals surface area contributed by atoms with Gasteiger partial charge in [-0.25, -0.2) is 0 Å². The van der Waals surface area contributed by atoms with Crippen LogP contribution in [0, 0.1) is 16.0 Å². The molecule has 1 aromatic carbocycles. The van der Waals surface area contributed by atoms with Gasteiger partial charge in [-0.3, -0.25) is 14.9 Å². The summed E-state index contributed by atoms with van der Waals surface area (Å²) < 4.78 is 5.50. The van der Waals surface area contributed by atoms with Gasteiger partial charge in [0.1, 0.15) is 11.3 Å². The average Bonchev–Trinajstić information content (AvgIpc) is 2.82. The highest BCUT2D eigenvalue weighted by atomic mass is 16.6. The third kappa shape index (κ3) is 3.30. The van der Waals surface area contributed by atoms with Crippen LogP contribution in [0.2, 0.25) is 0 Å². The summed E-state index contributed by atoms with van der Waals surface area (Å²) in [5, 5.41) is 19.7. The number of aliphatic carboxylic acids is 1. The minimum Gasteiger partial charge on any atom is -0.494 e. The first kappa shape index (κ1) is 15.2. The molecule has 1 saturated carbocycles. The van der Waals surface area contributed by atoms with Gasteiger partial charge >= 0.3 is 5.97 Å². The van der Waals surface area contributed by atoms with Crippen LogP contribution in [0.3, 0.4) is 0 Å². The Labute approximate surface area is 121 Å². The van der Waals surface area contributed by atoms with Gasteiger partial charge in [0.25, 0.3) is 5.69 Å². The molecule has 2 rings (SSSR count). The van der Waals surface area contributed by atoms with Crippen molar-refractivity contribution in [1.82, 2.24) is 0 Å². The fourth-order valence-corrected chi connectivity index (χ4v) is 2.77. The molecule has 7 nitrogen and oxygen atoms in total. The molecule has 7 heteroatoms. The van der Waals surface area contributed by atoms with Crippen LogP contribution in [0.1, 0.15) is 25.7 Å². The molecule has 3 N–H and O–H groups in total. The number of carbonyl (C=O) groups is 1. The highest BCUT2D eigenvalue weighted by molar-refractivity contribution is 5.79. The molecule has 0 radical (unpaired) electrons. The van der Waals surface area contributed by atoms with Gasteiger partial charge in [-0.15, -0.1) is 0 Å². The number of hydrogen-bond donors (Lipinski definition) is 2. The average molecular weight is 294 g/mol. The van der Waals surface area contributed by atoms with E-state index in [-0.39, 0.29) is 11.6 Å². The van der Waals surface area contributed by atoms with E-state index in [1.807, 2.05) is 0 Å². The van der Waals surface area contributed by atoms with Gasteiger partial charge in [-0.1, -0.05) is 6.42 Å². The van der Waals surface area contributed by atoms with Gasteiger partial charge in [0.05, 0.1) is 11.5 Å². The lowest BCUT2D eigenvalue weighted by molar-refractivity contribution is -0.384. The van der Waals surface area contributed by atoms with E-state index in [1.165, 1.54) is 24.3 Å². The van der Waals surface area contributed by atoms with Gasteiger partial charge in [0, 0.05) is 12.1 Å². The topological polar surface area (TPSA) is 116 Å². The number of carboxylic acids is 1. The fourth-order valence-electron chi connectivity index (χ4n) is 2.77. The van der Waals surface area contributed by atoms with E-state index in [1.54, 1.807) is 0 Å². The standard InChI is InChI=1S/C14H18N2O5/c15-14(13(17)18)8-1-2-10(14)7-9-21-12-5-3-11(4-6-12)16(19)20/h3-6,10H,1-2,7-9,15H2,(H,17,18). The zero-order valence-corrected chi connectivity index (χ0v) is 11.5. The summed E-state index contributed by atoms with van der Waals surface area (Å²) in [6.07, 6.45) is 2.64. The highest BCUT2D eigenvalue weighted by Crippen LogP contribution is 2.36. The van der Waals surface area contributed by atoms with Crippen molar-refractivity contribution in [2.75, 3.05) is 6.61 Å². The molecule has 1 fully saturated rings. The predicted molar refractivity (Wildman–Crippen MR) is 75.1 cm³/mol. The summed E-state index contributed by atoms with van der Waals surface area (Å²) in [6.45, 7) is 0.342. The van der Waals surface area contributed by atoms with Gasteiger partial charge in [-0.2, -0.15) is 0 Å². The van der Waals surface area contributed by atoms with Gasteiger partial charge < -0.3 is 15.6 Å². The number of nitrogens with two attached hydrogens (primary N) is 1. The Kier molecular flexibility index (Phi) is 4.42. The Balaban J connectivity index is 1.87. The molecule has 1 aliphatic rings. The first-order chi connectivity index (χ1) is 9.93. The summed E-state index contributed by atoms with van der Waals surface area (Å²) in [5.41, 5.74) is 4.80. The minimum absolute atomic E-state index is 0.00463. The molecule has 0 spiro atoms. The molecule has 0 heterocycles. The van der Waals surface area contributed by atoms with E-state index in [0.29, 0.717) is 25.2 Å². The third-order valence-corrected chi connectivity index (χ3v) is 4.05. The molecule has 0 bridgehead atoms. The number of carboxylic acid groups (broad SMARTS) is 1. The summed E-state index contributed by atoms with van der Waals surface area (Å²) in [4.78, 5) is 21.3. The maximum Gasteiger partial charge on any atom is 0.323 e. The number of non-ortho nitro benzene ring substituents is 1. The first-order valence-electron chi connectivity index (χ1n) is 6.83. The summed E-state index contributed by atoms with van der Waals surface area (Å²) in [5.74, 6) is -0.537. The number of hydrogen-bond acceptors (Lipinski definition) is 5. The van der Waals surface area contributed by atoms with Crippen molar-refractivity contribution < 1.29 is 19.6 Å². The molecule has 0 amide bonds. The molecule has 0 saturated heterocycles. The molecule has 0 aliphatic heterocycles. The summed E-state index contributed by atoms with van der Waals surface area (Å²) >= 11 is 0. The lowest BCUT2D eigenvalue weighted by Gasteiger charge is -2.26. The fraction of sp³-hybridized carbons (Fsp3) is 0.500. The van der Waals surface area contributed by atoms with Crippen molar-refractivity contribution >= 4 is 11.7 Å². The van der Waals surface area contributed by atoms with Crippen LogP contribution < -0.4 is 10.5 Å². The molecular weight excluding hydrogens is 276 g/mol. The normalized spacial score (nSPS) is 24.7. The lowest BCUT2D eigenvalue weighted by Crippen LogP contribution is -2.51. The second kappa shape index (κ2) is 6.09. The van der Waals surface area contributed by atoms with Crippen molar-refractivity contribution in [1.29, 1.82) is 0 Å². The van der Waals surface area contributed by atoms with Gasteiger partial charge in [0.2, 0.25) is 0 Å². The van der Waals surface area contributed by atoms with Crippen LogP contribution in [0.15, 0.2) is 24.3 Å². The molecule has 2 unspecified atom stereocenters. The van der Waals surface area contributed by atoms with E-state index >= 15 is 0 Å². The minimum atomic E-state index is -1.15. The van der Waals surface area contributed by atoms with Crippen molar-refractivity contribution in [3.8, 4) is 5.75 Å². The summed E-state index contributed by atoms with van der Waals surface area (Å²) in [6, 6.07) is 5.80. The Bertz CT molecular complexity index is 531. The van der Waals surface area contributed by atoms with Crippen molar-refractivity contribution in [3.63, 3.8) is 0 Å². The number of nitrogens with zero attached hydrogens (tertiary/aromatic N) is 1. The number of nitro groups is 1. The predicted octanol–water partition coefficient (Wildman–Crippen LogP) is 1.95. The molecule has 114 valence electrons. The van der Waals surface area contributed by atoms with Crippen LogP contribution in [-0.2, 0) is 4.79 Å². The van der Waals surface area contributed by atoms with E-state index in [9.17, 15) is 20.0 Å². The van der Waals surface area contributed by atoms with Gasteiger partial charge in [-0.05, 0) is 37.3 Å². The second-order valence-electron chi connectivity index (χ2n) is 5.32.